The van der Waals surface area contributed by atoms with Gasteiger partial charge < -0.3 is 24.1 Å². The second kappa shape index (κ2) is 7.57. The summed E-state index contributed by atoms with van der Waals surface area (Å²) in [4.78, 5) is 30.0. The molecular formula is C22H21N3O6. The number of rotatable bonds is 5. The Morgan fingerprint density at radius 3 is 2.71 bits per heavy atom. The molecule has 0 radical (unpaired) electrons. The number of amides is 1. The number of carbonyl (C=O) groups excluding carboxylic acids is 2. The number of aromatic nitrogens is 2. The van der Waals surface area contributed by atoms with E-state index in [2.05, 4.69) is 15.5 Å². The molecule has 3 aromatic rings. The van der Waals surface area contributed by atoms with E-state index >= 15 is 0 Å². The molecule has 1 atom stereocenters. The number of nitrogens with zero attached hydrogens (tertiary/aromatic N) is 2. The molecule has 1 aliphatic heterocycles. The predicted molar refractivity (Wildman–Crippen MR) is 109 cm³/mol. The molecule has 1 saturated carbocycles. The van der Waals surface area contributed by atoms with Crippen molar-refractivity contribution in [3.8, 4) is 11.5 Å². The van der Waals surface area contributed by atoms with Crippen molar-refractivity contribution in [1.82, 2.24) is 10.1 Å². The fourth-order valence-corrected chi connectivity index (χ4v) is 3.51. The zero-order valence-corrected chi connectivity index (χ0v) is 17.1. The van der Waals surface area contributed by atoms with Gasteiger partial charge in [-0.05, 0) is 44.9 Å². The zero-order chi connectivity index (χ0) is 21.5. The summed E-state index contributed by atoms with van der Waals surface area (Å²) in [5, 5.41) is 7.16. The summed E-state index contributed by atoms with van der Waals surface area (Å²) in [5.41, 5.74) is 2.47. The molecule has 2 aromatic heterocycles. The average molecular weight is 423 g/mol. The molecule has 1 fully saturated rings. The van der Waals surface area contributed by atoms with Crippen LogP contribution in [0.3, 0.4) is 0 Å². The van der Waals surface area contributed by atoms with E-state index in [9.17, 15) is 9.59 Å². The van der Waals surface area contributed by atoms with E-state index in [0.717, 1.165) is 18.5 Å². The van der Waals surface area contributed by atoms with Gasteiger partial charge in [0.1, 0.15) is 13.2 Å². The summed E-state index contributed by atoms with van der Waals surface area (Å²) in [6.45, 7) is 4.19. The van der Waals surface area contributed by atoms with Crippen molar-refractivity contribution in [2.75, 3.05) is 18.5 Å². The van der Waals surface area contributed by atoms with E-state index in [0.29, 0.717) is 58.7 Å². The molecule has 0 unspecified atom stereocenters. The minimum absolute atomic E-state index is 0.308. The Bertz CT molecular complexity index is 1180. The molecule has 0 bridgehead atoms. The molecular weight excluding hydrogens is 402 g/mol. The van der Waals surface area contributed by atoms with E-state index in [-0.39, 0.29) is 0 Å². The van der Waals surface area contributed by atoms with Crippen LogP contribution in [-0.2, 0) is 9.53 Å². The molecule has 0 spiro atoms. The number of esters is 1. The first kappa shape index (κ1) is 19.3. The maximum absolute atomic E-state index is 12.9. The van der Waals surface area contributed by atoms with Crippen LogP contribution >= 0.6 is 0 Å². The molecule has 1 aromatic carbocycles. The lowest BCUT2D eigenvalue weighted by molar-refractivity contribution is -0.123. The monoisotopic (exact) mass is 423 g/mol. The Labute approximate surface area is 177 Å². The van der Waals surface area contributed by atoms with Gasteiger partial charge in [-0.3, -0.25) is 4.79 Å². The molecule has 2 aliphatic rings. The van der Waals surface area contributed by atoms with Gasteiger partial charge >= 0.3 is 5.97 Å². The van der Waals surface area contributed by atoms with Gasteiger partial charge in [-0.2, -0.15) is 0 Å². The van der Waals surface area contributed by atoms with Crippen LogP contribution in [0.25, 0.3) is 11.1 Å². The molecule has 31 heavy (non-hydrogen) atoms. The minimum Gasteiger partial charge on any atom is -0.486 e. The predicted octanol–water partition coefficient (Wildman–Crippen LogP) is 3.36. The van der Waals surface area contributed by atoms with Gasteiger partial charge in [-0.25, -0.2) is 9.78 Å². The normalized spacial score (nSPS) is 16.1. The first-order chi connectivity index (χ1) is 15.0. The van der Waals surface area contributed by atoms with E-state index in [1.165, 1.54) is 6.92 Å². The zero-order valence-electron chi connectivity index (χ0n) is 17.1. The molecule has 9 heteroatoms. The van der Waals surface area contributed by atoms with Crippen molar-refractivity contribution in [2.45, 2.75) is 38.7 Å². The van der Waals surface area contributed by atoms with Gasteiger partial charge in [0, 0.05) is 23.4 Å². The number of anilines is 1. The Balaban J connectivity index is 1.32. The van der Waals surface area contributed by atoms with E-state index < -0.39 is 18.0 Å². The second-order valence-electron chi connectivity index (χ2n) is 7.71. The Kier molecular flexibility index (Phi) is 4.72. The number of nitrogens with one attached hydrogen (secondary N) is 1. The van der Waals surface area contributed by atoms with Gasteiger partial charge in [-0.1, -0.05) is 5.16 Å². The van der Waals surface area contributed by atoms with Gasteiger partial charge in [0.15, 0.2) is 17.6 Å². The molecule has 3 heterocycles. The smallest absolute Gasteiger partial charge is 0.339 e. The van der Waals surface area contributed by atoms with Gasteiger partial charge in [-0.15, -0.1) is 0 Å². The third-order valence-electron chi connectivity index (χ3n) is 5.32. The van der Waals surface area contributed by atoms with Crippen LogP contribution in [0.1, 0.15) is 47.4 Å². The summed E-state index contributed by atoms with van der Waals surface area (Å²) >= 11 is 0. The maximum atomic E-state index is 12.9. The van der Waals surface area contributed by atoms with Crippen molar-refractivity contribution in [2.24, 2.45) is 0 Å². The Morgan fingerprint density at radius 2 is 1.94 bits per heavy atom. The Hall–Kier alpha value is -3.62. The van der Waals surface area contributed by atoms with Crippen LogP contribution in [0.4, 0.5) is 5.69 Å². The highest BCUT2D eigenvalue weighted by atomic mass is 16.6. The fraction of sp³-hybridized carbons (Fsp3) is 0.364. The van der Waals surface area contributed by atoms with Crippen molar-refractivity contribution < 1.29 is 28.3 Å². The Morgan fingerprint density at radius 1 is 1.16 bits per heavy atom. The largest absolute Gasteiger partial charge is 0.486 e. The highest BCUT2D eigenvalue weighted by Gasteiger charge is 2.30. The van der Waals surface area contributed by atoms with Crippen molar-refractivity contribution in [3.05, 3.63) is 41.2 Å². The molecule has 1 aliphatic carbocycles. The highest BCUT2D eigenvalue weighted by molar-refractivity contribution is 6.04. The lowest BCUT2D eigenvalue weighted by atomic mass is 10.1. The van der Waals surface area contributed by atoms with Crippen LogP contribution in [0.5, 0.6) is 11.5 Å². The van der Waals surface area contributed by atoms with Crippen LogP contribution < -0.4 is 14.8 Å². The summed E-state index contributed by atoms with van der Waals surface area (Å²) in [7, 11) is 0. The second-order valence-corrected chi connectivity index (χ2v) is 7.71. The summed E-state index contributed by atoms with van der Waals surface area (Å²) in [6, 6.07) is 6.82. The van der Waals surface area contributed by atoms with E-state index in [1.54, 1.807) is 31.2 Å². The average Bonchev–Trinajstić information content (AvgIpc) is 3.56. The van der Waals surface area contributed by atoms with Crippen LogP contribution in [-0.4, -0.2) is 41.3 Å². The number of ether oxygens (including phenoxy) is 3. The molecule has 160 valence electrons. The van der Waals surface area contributed by atoms with Gasteiger partial charge in [0.2, 0.25) is 0 Å². The lowest BCUT2D eigenvalue weighted by Crippen LogP contribution is -2.30. The molecule has 1 amide bonds. The summed E-state index contributed by atoms with van der Waals surface area (Å²) in [6.07, 6.45) is 1.02. The molecule has 0 saturated heterocycles. The number of hydrogen-bond donors (Lipinski definition) is 1. The number of benzene rings is 1. The molecule has 1 N–H and O–H groups in total. The molecule has 9 nitrogen and oxygen atoms in total. The van der Waals surface area contributed by atoms with Gasteiger partial charge in [0.05, 0.1) is 16.6 Å². The van der Waals surface area contributed by atoms with Crippen LogP contribution in [0, 0.1) is 6.92 Å². The number of aryl methyl sites for hydroxylation is 1. The number of fused-ring (bicyclic) bond motifs is 2. The topological polar surface area (TPSA) is 113 Å². The molecule has 5 rings (SSSR count). The van der Waals surface area contributed by atoms with Gasteiger partial charge in [0.25, 0.3) is 11.6 Å². The van der Waals surface area contributed by atoms with Crippen LogP contribution in [0.2, 0.25) is 0 Å². The summed E-state index contributed by atoms with van der Waals surface area (Å²) < 4.78 is 21.7. The van der Waals surface area contributed by atoms with E-state index in [4.69, 9.17) is 18.7 Å². The third kappa shape index (κ3) is 3.78. The van der Waals surface area contributed by atoms with Crippen molar-refractivity contribution in [3.63, 3.8) is 0 Å². The summed E-state index contributed by atoms with van der Waals surface area (Å²) in [5.74, 6) is 0.423. The lowest BCUT2D eigenvalue weighted by Gasteiger charge is -2.19. The van der Waals surface area contributed by atoms with Crippen LogP contribution in [0.15, 0.2) is 28.8 Å². The fourth-order valence-electron chi connectivity index (χ4n) is 3.51. The number of hydrogen-bond acceptors (Lipinski definition) is 8. The van der Waals surface area contributed by atoms with Crippen molar-refractivity contribution in [1.29, 1.82) is 0 Å². The third-order valence-corrected chi connectivity index (χ3v) is 5.32. The number of pyridine rings is 1. The SMILES string of the molecule is Cc1noc2nc(C3CC3)cc(C(=O)O[C@H](C)C(=O)Nc3ccc4c(c3)OCCO4)c12. The standard InChI is InChI=1S/C22H21N3O6/c1-11-19-15(10-16(13-3-4-13)24-21(19)31-25-11)22(27)30-12(2)20(26)23-14-5-6-17-18(9-14)29-8-7-28-17/h5-6,9-10,12-13H,3-4,7-8H2,1-2H3,(H,23,26)/t12-/m1/s1. The minimum atomic E-state index is -1.02. The van der Waals surface area contributed by atoms with Crippen molar-refractivity contribution >= 4 is 28.7 Å². The number of carbonyl (C=O) groups is 2. The first-order valence-electron chi connectivity index (χ1n) is 10.2. The quantitative estimate of drug-likeness (QED) is 0.622. The first-order valence-corrected chi connectivity index (χ1v) is 10.2. The van der Waals surface area contributed by atoms with E-state index in [1.807, 2.05) is 0 Å². The highest BCUT2D eigenvalue weighted by Crippen LogP contribution is 2.40. The maximum Gasteiger partial charge on any atom is 0.339 e.